The van der Waals surface area contributed by atoms with Crippen LogP contribution in [0.5, 0.6) is 0 Å². The highest BCUT2D eigenvalue weighted by atomic mass is 79.9. The Morgan fingerprint density at radius 3 is 2.52 bits per heavy atom. The van der Waals surface area contributed by atoms with E-state index in [-0.39, 0.29) is 11.4 Å². The van der Waals surface area contributed by atoms with Crippen LogP contribution in [0.4, 0.5) is 15.8 Å². The van der Waals surface area contributed by atoms with Crippen LogP contribution in [-0.2, 0) is 10.0 Å². The Morgan fingerprint density at radius 2 is 1.90 bits per heavy atom. The molecule has 21 heavy (non-hydrogen) atoms. The van der Waals surface area contributed by atoms with Gasteiger partial charge in [-0.25, -0.2) is 17.8 Å². The summed E-state index contributed by atoms with van der Waals surface area (Å²) in [6.45, 7) is 3.36. The smallest absolute Gasteiger partial charge is 0.264 e. The average molecular weight is 374 g/mol. The topological polar surface area (TPSA) is 85.1 Å². The maximum absolute atomic E-state index is 13.9. The third-order valence-corrected chi connectivity index (χ3v) is 5.10. The first kappa shape index (κ1) is 15.7. The van der Waals surface area contributed by atoms with Crippen molar-refractivity contribution in [1.82, 2.24) is 4.98 Å². The van der Waals surface area contributed by atoms with Gasteiger partial charge in [0.15, 0.2) is 0 Å². The lowest BCUT2D eigenvalue weighted by molar-refractivity contribution is 0.570. The largest absolute Gasteiger partial charge is 0.398 e. The first-order valence-electron chi connectivity index (χ1n) is 5.91. The van der Waals surface area contributed by atoms with Gasteiger partial charge in [-0.3, -0.25) is 4.72 Å². The van der Waals surface area contributed by atoms with Gasteiger partial charge in [0, 0.05) is 5.69 Å². The summed E-state index contributed by atoms with van der Waals surface area (Å²) in [5.41, 5.74) is 7.33. The molecule has 0 aliphatic rings. The molecule has 1 aromatic carbocycles. The highest BCUT2D eigenvalue weighted by molar-refractivity contribution is 9.10. The van der Waals surface area contributed by atoms with Gasteiger partial charge in [-0.05, 0) is 59.1 Å². The second-order valence-electron chi connectivity index (χ2n) is 4.58. The zero-order chi connectivity index (χ0) is 15.8. The van der Waals surface area contributed by atoms with Crippen LogP contribution in [-0.4, -0.2) is 13.4 Å². The fraction of sp³-hybridized carbons (Fsp3) is 0.154. The number of anilines is 2. The lowest BCUT2D eigenvalue weighted by Crippen LogP contribution is -2.15. The van der Waals surface area contributed by atoms with Crippen LogP contribution >= 0.6 is 15.9 Å². The molecule has 112 valence electrons. The molecule has 3 N–H and O–H groups in total. The van der Waals surface area contributed by atoms with Gasteiger partial charge in [0.1, 0.15) is 15.3 Å². The normalized spacial score (nSPS) is 11.4. The van der Waals surface area contributed by atoms with E-state index in [1.807, 2.05) is 0 Å². The van der Waals surface area contributed by atoms with Gasteiger partial charge in [0.05, 0.1) is 11.9 Å². The van der Waals surface area contributed by atoms with Crippen LogP contribution in [0.25, 0.3) is 0 Å². The van der Waals surface area contributed by atoms with Crippen molar-refractivity contribution < 1.29 is 12.8 Å². The van der Waals surface area contributed by atoms with Crippen molar-refractivity contribution in [3.63, 3.8) is 0 Å². The van der Waals surface area contributed by atoms with Crippen molar-refractivity contribution in [2.24, 2.45) is 0 Å². The number of aryl methyl sites for hydroxylation is 2. The summed E-state index contributed by atoms with van der Waals surface area (Å²) in [7, 11) is -4.07. The third kappa shape index (κ3) is 3.33. The molecule has 0 atom stereocenters. The van der Waals surface area contributed by atoms with Gasteiger partial charge in [0.2, 0.25) is 0 Å². The van der Waals surface area contributed by atoms with Gasteiger partial charge < -0.3 is 5.73 Å². The Balaban J connectivity index is 2.43. The van der Waals surface area contributed by atoms with Crippen LogP contribution in [0.15, 0.2) is 33.9 Å². The van der Waals surface area contributed by atoms with E-state index in [9.17, 15) is 12.8 Å². The molecular weight excluding hydrogens is 361 g/mol. The molecule has 1 heterocycles. The zero-order valence-electron chi connectivity index (χ0n) is 11.3. The highest BCUT2D eigenvalue weighted by Crippen LogP contribution is 2.24. The predicted octanol–water partition coefficient (Wildman–Crippen LogP) is 2.98. The van der Waals surface area contributed by atoms with Crippen molar-refractivity contribution in [2.45, 2.75) is 18.7 Å². The van der Waals surface area contributed by atoms with Crippen molar-refractivity contribution in [3.05, 3.63) is 45.9 Å². The van der Waals surface area contributed by atoms with E-state index in [0.717, 1.165) is 17.7 Å². The van der Waals surface area contributed by atoms with Crippen LogP contribution in [0, 0.1) is 19.7 Å². The van der Waals surface area contributed by atoms with Crippen molar-refractivity contribution in [1.29, 1.82) is 0 Å². The molecule has 0 unspecified atom stereocenters. The molecule has 0 aliphatic heterocycles. The van der Waals surface area contributed by atoms with Crippen LogP contribution in [0.3, 0.4) is 0 Å². The number of nitrogens with two attached hydrogens (primary N) is 1. The summed E-state index contributed by atoms with van der Waals surface area (Å²) in [6.07, 6.45) is 1.34. The number of hydrogen-bond donors (Lipinski definition) is 2. The number of benzene rings is 1. The Bertz CT molecular complexity index is 809. The zero-order valence-corrected chi connectivity index (χ0v) is 13.7. The van der Waals surface area contributed by atoms with E-state index in [4.69, 9.17) is 5.73 Å². The number of rotatable bonds is 3. The molecule has 2 rings (SSSR count). The number of nitrogen functional groups attached to an aromatic ring is 1. The van der Waals surface area contributed by atoms with Gasteiger partial charge in [-0.15, -0.1) is 0 Å². The fourth-order valence-corrected chi connectivity index (χ4v) is 3.05. The second-order valence-corrected chi connectivity index (χ2v) is 6.98. The third-order valence-electron chi connectivity index (χ3n) is 2.88. The quantitative estimate of drug-likeness (QED) is 0.639. The Labute approximate surface area is 130 Å². The lowest BCUT2D eigenvalue weighted by Gasteiger charge is -2.11. The SMILES string of the molecule is Cc1cc(F)c(S(=O)(=O)Nc2cnc(Br)c(C)c2)cc1N. The van der Waals surface area contributed by atoms with Gasteiger partial charge >= 0.3 is 0 Å². The molecule has 0 bridgehead atoms. The van der Waals surface area contributed by atoms with E-state index < -0.39 is 20.7 Å². The minimum Gasteiger partial charge on any atom is -0.398 e. The van der Waals surface area contributed by atoms with Crippen LogP contribution < -0.4 is 10.5 Å². The summed E-state index contributed by atoms with van der Waals surface area (Å²) >= 11 is 3.22. The monoisotopic (exact) mass is 373 g/mol. The molecule has 0 amide bonds. The molecule has 5 nitrogen and oxygen atoms in total. The van der Waals surface area contributed by atoms with E-state index in [0.29, 0.717) is 10.2 Å². The Morgan fingerprint density at radius 1 is 1.24 bits per heavy atom. The molecule has 0 fully saturated rings. The molecule has 8 heteroatoms. The number of nitrogens with zero attached hydrogens (tertiary/aromatic N) is 1. The van der Waals surface area contributed by atoms with E-state index in [2.05, 4.69) is 25.6 Å². The molecule has 2 aromatic rings. The summed E-state index contributed by atoms with van der Waals surface area (Å²) in [4.78, 5) is 3.49. The molecule has 0 saturated carbocycles. The second kappa shape index (κ2) is 5.61. The number of hydrogen-bond acceptors (Lipinski definition) is 4. The lowest BCUT2D eigenvalue weighted by atomic mass is 10.2. The van der Waals surface area contributed by atoms with Gasteiger partial charge in [0.25, 0.3) is 10.0 Å². The first-order chi connectivity index (χ1) is 9.70. The van der Waals surface area contributed by atoms with Gasteiger partial charge in [-0.1, -0.05) is 0 Å². The number of sulfonamides is 1. The van der Waals surface area contributed by atoms with Crippen molar-refractivity contribution in [2.75, 3.05) is 10.5 Å². The molecule has 0 aliphatic carbocycles. The summed E-state index contributed by atoms with van der Waals surface area (Å²) in [6, 6.07) is 3.78. The summed E-state index contributed by atoms with van der Waals surface area (Å²) in [5.74, 6) is -0.851. The summed E-state index contributed by atoms with van der Waals surface area (Å²) in [5, 5.41) is 0. The number of aromatic nitrogens is 1. The van der Waals surface area contributed by atoms with Crippen molar-refractivity contribution in [3.8, 4) is 0 Å². The van der Waals surface area contributed by atoms with Gasteiger partial charge in [-0.2, -0.15) is 0 Å². The molecule has 0 spiro atoms. The van der Waals surface area contributed by atoms with E-state index >= 15 is 0 Å². The number of pyridine rings is 1. The van der Waals surface area contributed by atoms with Crippen LogP contribution in [0.1, 0.15) is 11.1 Å². The number of halogens is 2. The first-order valence-corrected chi connectivity index (χ1v) is 8.19. The minimum atomic E-state index is -4.07. The molecule has 0 radical (unpaired) electrons. The Hall–Kier alpha value is -1.67. The standard InChI is InChI=1S/C13H13BrFN3O2S/c1-7-4-10(15)12(5-11(7)16)21(19,20)18-9-3-8(2)13(14)17-6-9/h3-6,18H,16H2,1-2H3. The van der Waals surface area contributed by atoms with E-state index in [1.165, 1.54) is 6.20 Å². The molecular formula is C13H13BrFN3O2S. The van der Waals surface area contributed by atoms with Crippen LogP contribution in [0.2, 0.25) is 0 Å². The predicted molar refractivity (Wildman–Crippen MR) is 83.0 cm³/mol. The maximum atomic E-state index is 13.9. The Kier molecular flexibility index (Phi) is 4.20. The van der Waals surface area contributed by atoms with E-state index in [1.54, 1.807) is 19.9 Å². The highest BCUT2D eigenvalue weighted by Gasteiger charge is 2.21. The minimum absolute atomic E-state index is 0.210. The average Bonchev–Trinajstić information content (AvgIpc) is 2.37. The van der Waals surface area contributed by atoms with Crippen molar-refractivity contribution >= 4 is 37.3 Å². The summed E-state index contributed by atoms with van der Waals surface area (Å²) < 4.78 is 41.2. The molecule has 1 aromatic heterocycles. The maximum Gasteiger partial charge on any atom is 0.264 e. The number of nitrogens with one attached hydrogen (secondary N) is 1. The molecule has 0 saturated heterocycles. The fourth-order valence-electron chi connectivity index (χ4n) is 1.70.